The van der Waals surface area contributed by atoms with Crippen molar-refractivity contribution in [3.05, 3.63) is 71.8 Å². The summed E-state index contributed by atoms with van der Waals surface area (Å²) in [4.78, 5) is 11.1. The van der Waals surface area contributed by atoms with Gasteiger partial charge < -0.3 is 0 Å². The maximum atomic E-state index is 11.1. The van der Waals surface area contributed by atoms with Crippen molar-refractivity contribution in [1.82, 2.24) is 5.43 Å². The van der Waals surface area contributed by atoms with Crippen LogP contribution in [0.2, 0.25) is 0 Å². The molecule has 3 rings (SSSR count). The summed E-state index contributed by atoms with van der Waals surface area (Å²) in [5, 5.41) is 4.15. The third kappa shape index (κ3) is 2.37. The third-order valence-corrected chi connectivity index (χ3v) is 5.08. The molecule has 1 N–H and O–H groups in total. The van der Waals surface area contributed by atoms with Gasteiger partial charge in [-0.2, -0.15) is 5.10 Å². The van der Waals surface area contributed by atoms with Gasteiger partial charge in [-0.3, -0.25) is 4.79 Å². The van der Waals surface area contributed by atoms with Gasteiger partial charge in [0.05, 0.1) is 0 Å². The molecule has 1 saturated carbocycles. The Morgan fingerprint density at radius 3 is 1.91 bits per heavy atom. The lowest BCUT2D eigenvalue weighted by atomic mass is 9.81. The van der Waals surface area contributed by atoms with E-state index >= 15 is 0 Å². The summed E-state index contributed by atoms with van der Waals surface area (Å²) in [5.41, 5.74) is 5.01. The number of carbonyl (C=O) groups excluding carboxylic acids is 1. The van der Waals surface area contributed by atoms with Crippen LogP contribution in [0, 0.1) is 11.3 Å². The molecule has 3 heteroatoms. The molecule has 0 spiro atoms. The van der Waals surface area contributed by atoms with Crippen LogP contribution in [0.3, 0.4) is 0 Å². The molecule has 1 aliphatic rings. The van der Waals surface area contributed by atoms with Crippen molar-refractivity contribution in [2.45, 2.75) is 26.2 Å². The van der Waals surface area contributed by atoms with E-state index in [1.54, 1.807) is 0 Å². The average Bonchev–Trinajstić information content (AvgIpc) is 3.05. The van der Waals surface area contributed by atoms with Crippen LogP contribution < -0.4 is 5.43 Å². The molecule has 2 aromatic carbocycles. The Balaban J connectivity index is 2.08. The van der Waals surface area contributed by atoms with Gasteiger partial charge in [-0.1, -0.05) is 74.5 Å². The van der Waals surface area contributed by atoms with E-state index in [-0.39, 0.29) is 22.7 Å². The van der Waals surface area contributed by atoms with Crippen LogP contribution in [0.1, 0.15) is 31.9 Å². The quantitative estimate of drug-likeness (QED) is 0.678. The first-order chi connectivity index (χ1) is 11.0. The van der Waals surface area contributed by atoms with Crippen molar-refractivity contribution in [1.29, 1.82) is 0 Å². The molecule has 0 bridgehead atoms. The Bertz CT molecular complexity index is 680. The molecule has 1 aliphatic carbocycles. The largest absolute Gasteiger partial charge is 0.274 e. The molecule has 2 aromatic rings. The number of benzene rings is 2. The fourth-order valence-electron chi connectivity index (χ4n) is 3.98. The molecule has 118 valence electrons. The fraction of sp³-hybridized carbons (Fsp3) is 0.300. The zero-order valence-electron chi connectivity index (χ0n) is 13.8. The summed E-state index contributed by atoms with van der Waals surface area (Å²) in [6.07, 6.45) is 1.89. The van der Waals surface area contributed by atoms with E-state index in [2.05, 4.69) is 72.9 Å². The topological polar surface area (TPSA) is 41.5 Å². The predicted molar refractivity (Wildman–Crippen MR) is 93.2 cm³/mol. The maximum absolute atomic E-state index is 11.1. The van der Waals surface area contributed by atoms with Crippen molar-refractivity contribution in [2.75, 3.05) is 0 Å². The first-order valence-electron chi connectivity index (χ1n) is 7.92. The first-order valence-corrected chi connectivity index (χ1v) is 7.92. The Labute approximate surface area is 137 Å². The standard InChI is InChI=1S/C20H22N2O/c1-15(23)22-21-14-18-19(2,3)20(18,16-10-6-4-7-11-16)17-12-8-5-9-13-17/h4-14,18H,1-3H3,(H,22,23)/b21-14+. The van der Waals surface area contributed by atoms with E-state index in [1.807, 2.05) is 18.3 Å². The molecule has 0 radical (unpaired) electrons. The SMILES string of the molecule is CC(=O)N/N=C/C1C(C)(C)C1(c1ccccc1)c1ccccc1. The Kier molecular flexibility index (Phi) is 3.80. The van der Waals surface area contributed by atoms with Crippen LogP contribution in [0.25, 0.3) is 0 Å². The lowest BCUT2D eigenvalue weighted by molar-refractivity contribution is -0.118. The van der Waals surface area contributed by atoms with Gasteiger partial charge in [0.15, 0.2) is 0 Å². The summed E-state index contributed by atoms with van der Waals surface area (Å²) >= 11 is 0. The highest BCUT2D eigenvalue weighted by molar-refractivity contribution is 5.78. The molecule has 1 unspecified atom stereocenters. The highest BCUT2D eigenvalue weighted by Gasteiger charge is 2.71. The molecular weight excluding hydrogens is 284 g/mol. The monoisotopic (exact) mass is 306 g/mol. The number of hydrazone groups is 1. The molecule has 1 amide bonds. The van der Waals surface area contributed by atoms with Gasteiger partial charge in [0.25, 0.3) is 0 Å². The first kappa shape index (κ1) is 15.5. The summed E-state index contributed by atoms with van der Waals surface area (Å²) < 4.78 is 0. The second-order valence-corrected chi connectivity index (χ2v) is 6.69. The van der Waals surface area contributed by atoms with Gasteiger partial charge >= 0.3 is 0 Å². The molecular formula is C20H22N2O. The van der Waals surface area contributed by atoms with Crippen LogP contribution in [0.4, 0.5) is 0 Å². The Hall–Kier alpha value is -2.42. The van der Waals surface area contributed by atoms with Crippen molar-refractivity contribution in [3.63, 3.8) is 0 Å². The summed E-state index contributed by atoms with van der Waals surface area (Å²) in [6.45, 7) is 5.99. The van der Waals surface area contributed by atoms with Crippen LogP contribution in [0.15, 0.2) is 65.8 Å². The third-order valence-electron chi connectivity index (χ3n) is 5.08. The molecule has 1 atom stereocenters. The van der Waals surface area contributed by atoms with Crippen LogP contribution >= 0.6 is 0 Å². The second-order valence-electron chi connectivity index (χ2n) is 6.69. The molecule has 0 aliphatic heterocycles. The summed E-state index contributed by atoms with van der Waals surface area (Å²) in [6, 6.07) is 21.1. The molecule has 0 heterocycles. The number of nitrogens with one attached hydrogen (secondary N) is 1. The second kappa shape index (κ2) is 5.65. The minimum absolute atomic E-state index is 0.0255. The van der Waals surface area contributed by atoms with Gasteiger partial charge in [-0.05, 0) is 16.5 Å². The van der Waals surface area contributed by atoms with Gasteiger partial charge in [0, 0.05) is 24.5 Å². The van der Waals surface area contributed by atoms with Crippen molar-refractivity contribution in [2.24, 2.45) is 16.4 Å². The number of amides is 1. The normalized spacial score (nSPS) is 21.1. The minimum Gasteiger partial charge on any atom is -0.274 e. The maximum Gasteiger partial charge on any atom is 0.236 e. The lowest BCUT2D eigenvalue weighted by Gasteiger charge is -2.22. The zero-order valence-corrected chi connectivity index (χ0v) is 13.8. The fourth-order valence-corrected chi connectivity index (χ4v) is 3.98. The van der Waals surface area contributed by atoms with Crippen LogP contribution in [0.5, 0.6) is 0 Å². The van der Waals surface area contributed by atoms with E-state index < -0.39 is 0 Å². The summed E-state index contributed by atoms with van der Waals surface area (Å²) in [5.74, 6) is 0.0800. The van der Waals surface area contributed by atoms with E-state index in [4.69, 9.17) is 0 Å². The van der Waals surface area contributed by atoms with Gasteiger partial charge in [-0.25, -0.2) is 5.43 Å². The summed E-state index contributed by atoms with van der Waals surface area (Å²) in [7, 11) is 0. The average molecular weight is 306 g/mol. The van der Waals surface area contributed by atoms with Gasteiger partial charge in [-0.15, -0.1) is 0 Å². The number of hydrogen-bond donors (Lipinski definition) is 1. The van der Waals surface area contributed by atoms with E-state index in [0.717, 1.165) is 0 Å². The van der Waals surface area contributed by atoms with E-state index in [9.17, 15) is 4.79 Å². The van der Waals surface area contributed by atoms with Gasteiger partial charge in [0.2, 0.25) is 5.91 Å². The minimum atomic E-state index is -0.148. The highest BCUT2D eigenvalue weighted by Crippen LogP contribution is 2.71. The zero-order chi connectivity index (χ0) is 16.5. The number of rotatable bonds is 4. The Morgan fingerprint density at radius 1 is 1.00 bits per heavy atom. The lowest BCUT2D eigenvalue weighted by Crippen LogP contribution is -2.17. The highest BCUT2D eigenvalue weighted by atomic mass is 16.2. The van der Waals surface area contributed by atoms with Crippen molar-refractivity contribution >= 4 is 12.1 Å². The number of carbonyl (C=O) groups is 1. The smallest absolute Gasteiger partial charge is 0.236 e. The molecule has 1 fully saturated rings. The molecule has 0 saturated heterocycles. The molecule has 23 heavy (non-hydrogen) atoms. The van der Waals surface area contributed by atoms with Crippen molar-refractivity contribution in [3.8, 4) is 0 Å². The van der Waals surface area contributed by atoms with Crippen LogP contribution in [-0.4, -0.2) is 12.1 Å². The van der Waals surface area contributed by atoms with Crippen LogP contribution in [-0.2, 0) is 10.2 Å². The Morgan fingerprint density at radius 2 is 1.48 bits per heavy atom. The van der Waals surface area contributed by atoms with Gasteiger partial charge in [0.1, 0.15) is 0 Å². The number of nitrogens with zero attached hydrogens (tertiary/aromatic N) is 1. The van der Waals surface area contributed by atoms with E-state index in [1.165, 1.54) is 18.1 Å². The molecule has 0 aromatic heterocycles. The number of hydrogen-bond acceptors (Lipinski definition) is 2. The van der Waals surface area contributed by atoms with Crippen molar-refractivity contribution < 1.29 is 4.79 Å². The molecule has 3 nitrogen and oxygen atoms in total. The van der Waals surface area contributed by atoms with E-state index in [0.29, 0.717) is 0 Å². The predicted octanol–water partition coefficient (Wildman–Crippen LogP) is 3.75.